The normalized spacial score (nSPS) is 10.7. The summed E-state index contributed by atoms with van der Waals surface area (Å²) in [5.41, 5.74) is 2.78. The SMILES string of the molecule is COc1ccc2c(-c3ccc(C(=O)O)cn3)c[nH]c2c1. The van der Waals surface area contributed by atoms with Gasteiger partial charge in [0, 0.05) is 34.9 Å². The van der Waals surface area contributed by atoms with Crippen LogP contribution in [0.1, 0.15) is 10.4 Å². The molecular weight excluding hydrogens is 256 g/mol. The molecule has 0 aliphatic heterocycles. The molecule has 0 amide bonds. The number of aromatic carboxylic acids is 1. The van der Waals surface area contributed by atoms with E-state index in [9.17, 15) is 4.79 Å². The van der Waals surface area contributed by atoms with Gasteiger partial charge >= 0.3 is 5.97 Å². The summed E-state index contributed by atoms with van der Waals surface area (Å²) in [4.78, 5) is 18.2. The molecule has 100 valence electrons. The highest BCUT2D eigenvalue weighted by molar-refractivity contribution is 5.95. The van der Waals surface area contributed by atoms with Gasteiger partial charge < -0.3 is 14.8 Å². The molecule has 0 aliphatic rings. The van der Waals surface area contributed by atoms with Gasteiger partial charge in [-0.05, 0) is 24.3 Å². The lowest BCUT2D eigenvalue weighted by atomic mass is 10.1. The second-order valence-electron chi connectivity index (χ2n) is 4.35. The summed E-state index contributed by atoms with van der Waals surface area (Å²) < 4.78 is 5.18. The Morgan fingerprint density at radius 3 is 2.80 bits per heavy atom. The first-order valence-electron chi connectivity index (χ1n) is 6.04. The van der Waals surface area contributed by atoms with Crippen molar-refractivity contribution in [2.45, 2.75) is 0 Å². The standard InChI is InChI=1S/C15H12N2O3/c1-20-10-3-4-11-12(8-17-14(11)6-10)13-5-2-9(7-16-13)15(18)19/h2-8,17H,1H3,(H,18,19). The van der Waals surface area contributed by atoms with Crippen molar-refractivity contribution in [1.82, 2.24) is 9.97 Å². The zero-order valence-corrected chi connectivity index (χ0v) is 10.8. The third kappa shape index (κ3) is 1.99. The molecule has 0 bridgehead atoms. The number of nitrogens with zero attached hydrogens (tertiary/aromatic N) is 1. The monoisotopic (exact) mass is 268 g/mol. The van der Waals surface area contributed by atoms with Gasteiger partial charge in [0.25, 0.3) is 0 Å². The van der Waals surface area contributed by atoms with E-state index in [0.717, 1.165) is 27.9 Å². The summed E-state index contributed by atoms with van der Waals surface area (Å²) in [5, 5.41) is 9.89. The fourth-order valence-electron chi connectivity index (χ4n) is 2.12. The molecule has 2 heterocycles. The minimum absolute atomic E-state index is 0.176. The van der Waals surface area contributed by atoms with E-state index in [4.69, 9.17) is 9.84 Å². The van der Waals surface area contributed by atoms with Crippen molar-refractivity contribution in [3.05, 3.63) is 48.3 Å². The van der Waals surface area contributed by atoms with Crippen molar-refractivity contribution < 1.29 is 14.6 Å². The average Bonchev–Trinajstić information content (AvgIpc) is 2.90. The van der Waals surface area contributed by atoms with Gasteiger partial charge in [0.15, 0.2) is 0 Å². The summed E-state index contributed by atoms with van der Waals surface area (Å²) in [7, 11) is 1.62. The molecule has 0 aliphatic carbocycles. The van der Waals surface area contributed by atoms with Crippen LogP contribution in [0.3, 0.4) is 0 Å². The number of carbonyl (C=O) groups is 1. The number of aromatic nitrogens is 2. The maximum absolute atomic E-state index is 10.8. The van der Waals surface area contributed by atoms with E-state index in [0.29, 0.717) is 0 Å². The Kier molecular flexibility index (Phi) is 2.87. The van der Waals surface area contributed by atoms with Crippen molar-refractivity contribution in [3.63, 3.8) is 0 Å². The van der Waals surface area contributed by atoms with Crippen LogP contribution in [0, 0.1) is 0 Å². The Morgan fingerprint density at radius 1 is 1.30 bits per heavy atom. The van der Waals surface area contributed by atoms with Crippen LogP contribution in [0.25, 0.3) is 22.2 Å². The van der Waals surface area contributed by atoms with Crippen molar-refractivity contribution in [3.8, 4) is 17.0 Å². The number of hydrogen-bond donors (Lipinski definition) is 2. The van der Waals surface area contributed by atoms with Gasteiger partial charge in [-0.15, -0.1) is 0 Å². The van der Waals surface area contributed by atoms with Crippen LogP contribution in [0.2, 0.25) is 0 Å². The zero-order valence-electron chi connectivity index (χ0n) is 10.8. The Hall–Kier alpha value is -2.82. The fourth-order valence-corrected chi connectivity index (χ4v) is 2.12. The predicted molar refractivity (Wildman–Crippen MR) is 75.0 cm³/mol. The molecule has 0 saturated carbocycles. The number of hydrogen-bond acceptors (Lipinski definition) is 3. The average molecular weight is 268 g/mol. The molecule has 2 aromatic heterocycles. The minimum atomic E-state index is -0.979. The fraction of sp³-hybridized carbons (Fsp3) is 0.0667. The highest BCUT2D eigenvalue weighted by Crippen LogP contribution is 2.29. The van der Waals surface area contributed by atoms with E-state index in [1.807, 2.05) is 24.4 Å². The molecular formula is C15H12N2O3. The molecule has 0 spiro atoms. The molecule has 0 radical (unpaired) electrons. The van der Waals surface area contributed by atoms with Gasteiger partial charge in [0.05, 0.1) is 18.4 Å². The molecule has 2 N–H and O–H groups in total. The number of carboxylic acids is 1. The van der Waals surface area contributed by atoms with Crippen LogP contribution in [0.5, 0.6) is 5.75 Å². The number of rotatable bonds is 3. The number of benzene rings is 1. The lowest BCUT2D eigenvalue weighted by molar-refractivity contribution is 0.0696. The summed E-state index contributed by atoms with van der Waals surface area (Å²) in [6.07, 6.45) is 3.22. The summed E-state index contributed by atoms with van der Waals surface area (Å²) in [5.74, 6) is -0.201. The Morgan fingerprint density at radius 2 is 2.15 bits per heavy atom. The van der Waals surface area contributed by atoms with Crippen LogP contribution in [0.15, 0.2) is 42.7 Å². The number of H-pyrrole nitrogens is 1. The molecule has 0 atom stereocenters. The van der Waals surface area contributed by atoms with Crippen LogP contribution in [-0.4, -0.2) is 28.2 Å². The number of methoxy groups -OCH3 is 1. The van der Waals surface area contributed by atoms with Crippen LogP contribution in [0.4, 0.5) is 0 Å². The van der Waals surface area contributed by atoms with Gasteiger partial charge in [-0.3, -0.25) is 4.98 Å². The van der Waals surface area contributed by atoms with Crippen LogP contribution < -0.4 is 4.74 Å². The summed E-state index contributed by atoms with van der Waals surface area (Å²) >= 11 is 0. The first kappa shape index (κ1) is 12.2. The minimum Gasteiger partial charge on any atom is -0.497 e. The van der Waals surface area contributed by atoms with Gasteiger partial charge in [0.1, 0.15) is 5.75 Å². The van der Waals surface area contributed by atoms with Crippen molar-refractivity contribution >= 4 is 16.9 Å². The third-order valence-corrected chi connectivity index (χ3v) is 3.18. The summed E-state index contributed by atoms with van der Waals surface area (Å²) in [6.45, 7) is 0. The number of pyridine rings is 1. The number of aromatic amines is 1. The van der Waals surface area contributed by atoms with Crippen LogP contribution >= 0.6 is 0 Å². The second kappa shape index (κ2) is 4.70. The molecule has 1 aromatic carbocycles. The largest absolute Gasteiger partial charge is 0.497 e. The van der Waals surface area contributed by atoms with E-state index >= 15 is 0 Å². The lowest BCUT2D eigenvalue weighted by Crippen LogP contribution is -1.96. The molecule has 20 heavy (non-hydrogen) atoms. The highest BCUT2D eigenvalue weighted by atomic mass is 16.5. The first-order chi connectivity index (χ1) is 9.69. The Labute approximate surface area is 114 Å². The number of nitrogens with one attached hydrogen (secondary N) is 1. The Balaban J connectivity index is 2.07. The van der Waals surface area contributed by atoms with Crippen molar-refractivity contribution in [2.24, 2.45) is 0 Å². The van der Waals surface area contributed by atoms with Crippen LogP contribution in [-0.2, 0) is 0 Å². The predicted octanol–water partition coefficient (Wildman–Crippen LogP) is 2.94. The van der Waals surface area contributed by atoms with E-state index in [-0.39, 0.29) is 5.56 Å². The third-order valence-electron chi connectivity index (χ3n) is 3.18. The zero-order chi connectivity index (χ0) is 14.1. The van der Waals surface area contributed by atoms with Gasteiger partial charge in [-0.25, -0.2) is 4.79 Å². The number of fused-ring (bicyclic) bond motifs is 1. The number of ether oxygens (including phenoxy) is 1. The van der Waals surface area contributed by atoms with Crippen molar-refractivity contribution in [2.75, 3.05) is 7.11 Å². The maximum atomic E-state index is 10.8. The molecule has 0 saturated heterocycles. The van der Waals surface area contributed by atoms with E-state index in [1.165, 1.54) is 6.20 Å². The van der Waals surface area contributed by atoms with Gasteiger partial charge in [-0.1, -0.05) is 0 Å². The smallest absolute Gasteiger partial charge is 0.337 e. The molecule has 5 nitrogen and oxygen atoms in total. The Bertz CT molecular complexity index is 775. The van der Waals surface area contributed by atoms with Gasteiger partial charge in [0.2, 0.25) is 0 Å². The van der Waals surface area contributed by atoms with E-state index in [1.54, 1.807) is 19.2 Å². The molecule has 3 aromatic rings. The lowest BCUT2D eigenvalue weighted by Gasteiger charge is -2.01. The quantitative estimate of drug-likeness (QED) is 0.765. The second-order valence-corrected chi connectivity index (χ2v) is 4.35. The molecule has 5 heteroatoms. The molecule has 0 unspecified atom stereocenters. The van der Waals surface area contributed by atoms with E-state index in [2.05, 4.69) is 9.97 Å². The first-order valence-corrected chi connectivity index (χ1v) is 6.04. The van der Waals surface area contributed by atoms with Gasteiger partial charge in [-0.2, -0.15) is 0 Å². The van der Waals surface area contributed by atoms with E-state index < -0.39 is 5.97 Å². The maximum Gasteiger partial charge on any atom is 0.337 e. The highest BCUT2D eigenvalue weighted by Gasteiger charge is 2.09. The van der Waals surface area contributed by atoms with Crippen molar-refractivity contribution in [1.29, 1.82) is 0 Å². The summed E-state index contributed by atoms with van der Waals surface area (Å²) in [6, 6.07) is 8.99. The number of carboxylic acid groups (broad SMARTS) is 1. The topological polar surface area (TPSA) is 75.2 Å². The molecule has 0 fully saturated rings. The molecule has 3 rings (SSSR count).